The van der Waals surface area contributed by atoms with Crippen molar-refractivity contribution in [3.05, 3.63) is 46.8 Å². The highest BCUT2D eigenvalue weighted by Gasteiger charge is 2.25. The lowest BCUT2D eigenvalue weighted by molar-refractivity contribution is 0.286. The number of benzene rings is 1. The Morgan fingerprint density at radius 2 is 1.84 bits per heavy atom. The maximum absolute atomic E-state index is 9.71. The molecular formula is C20H22N4O. The number of nitrogens with zero attached hydrogens (tertiary/aromatic N) is 4. The molecule has 2 aromatic rings. The van der Waals surface area contributed by atoms with E-state index in [-0.39, 0.29) is 0 Å². The molecule has 0 saturated heterocycles. The van der Waals surface area contributed by atoms with E-state index in [1.54, 1.807) is 0 Å². The highest BCUT2D eigenvalue weighted by Crippen LogP contribution is 2.32. The summed E-state index contributed by atoms with van der Waals surface area (Å²) in [6.45, 7) is 4.21. The number of fused-ring (bicyclic) bond motifs is 1. The molecule has 4 rings (SSSR count). The molecule has 1 aliphatic heterocycles. The fraction of sp³-hybridized carbons (Fsp3) is 0.450. The second-order valence-electron chi connectivity index (χ2n) is 6.90. The van der Waals surface area contributed by atoms with Gasteiger partial charge in [0.1, 0.15) is 11.9 Å². The Morgan fingerprint density at radius 1 is 1.16 bits per heavy atom. The van der Waals surface area contributed by atoms with E-state index in [9.17, 15) is 5.26 Å². The van der Waals surface area contributed by atoms with Crippen molar-refractivity contribution in [1.29, 1.82) is 5.26 Å². The zero-order valence-corrected chi connectivity index (χ0v) is 14.5. The van der Waals surface area contributed by atoms with Gasteiger partial charge in [0.25, 0.3) is 0 Å². The second-order valence-corrected chi connectivity index (χ2v) is 6.90. The first kappa shape index (κ1) is 15.9. The van der Waals surface area contributed by atoms with E-state index in [1.807, 2.05) is 6.92 Å². The molecule has 5 nitrogen and oxygen atoms in total. The van der Waals surface area contributed by atoms with Crippen molar-refractivity contribution in [3.8, 4) is 11.9 Å². The summed E-state index contributed by atoms with van der Waals surface area (Å²) in [7, 11) is 0. The molecule has 1 aromatic carbocycles. The number of ether oxygens (including phenoxy) is 1. The molecule has 0 atom stereocenters. The van der Waals surface area contributed by atoms with Crippen molar-refractivity contribution in [3.63, 3.8) is 0 Å². The summed E-state index contributed by atoms with van der Waals surface area (Å²) in [4.78, 5) is 11.2. The number of hydrogen-bond acceptors (Lipinski definition) is 5. The van der Waals surface area contributed by atoms with Gasteiger partial charge in [-0.2, -0.15) is 10.2 Å². The van der Waals surface area contributed by atoms with Crippen molar-refractivity contribution in [1.82, 2.24) is 9.97 Å². The zero-order chi connectivity index (χ0) is 17.2. The van der Waals surface area contributed by atoms with Crippen LogP contribution >= 0.6 is 0 Å². The molecular weight excluding hydrogens is 312 g/mol. The Hall–Kier alpha value is -2.61. The Morgan fingerprint density at radius 3 is 2.44 bits per heavy atom. The van der Waals surface area contributed by atoms with Crippen LogP contribution in [0.4, 0.5) is 5.82 Å². The Kier molecular flexibility index (Phi) is 4.27. The van der Waals surface area contributed by atoms with Crippen LogP contribution in [0.1, 0.15) is 35.4 Å². The number of anilines is 1. The highest BCUT2D eigenvalue weighted by atomic mass is 16.5. The molecule has 2 heterocycles. The van der Waals surface area contributed by atoms with Crippen molar-refractivity contribution < 1.29 is 4.74 Å². The van der Waals surface area contributed by atoms with Crippen LogP contribution < -0.4 is 9.64 Å². The van der Waals surface area contributed by atoms with E-state index in [1.165, 1.54) is 24.0 Å². The van der Waals surface area contributed by atoms with Gasteiger partial charge in [-0.25, -0.2) is 4.98 Å². The zero-order valence-electron chi connectivity index (χ0n) is 14.5. The average molecular weight is 334 g/mol. The number of nitriles is 1. The van der Waals surface area contributed by atoms with Crippen LogP contribution in [0.3, 0.4) is 0 Å². The molecule has 1 aliphatic carbocycles. The molecule has 0 spiro atoms. The van der Waals surface area contributed by atoms with Crippen molar-refractivity contribution in [2.45, 2.75) is 32.6 Å². The minimum atomic E-state index is 0.443. The van der Waals surface area contributed by atoms with Gasteiger partial charge < -0.3 is 9.64 Å². The van der Waals surface area contributed by atoms with Crippen molar-refractivity contribution in [2.75, 3.05) is 24.6 Å². The molecule has 0 amide bonds. The molecule has 1 fully saturated rings. The van der Waals surface area contributed by atoms with E-state index in [4.69, 9.17) is 4.74 Å². The fourth-order valence-corrected chi connectivity index (χ4v) is 3.32. The molecule has 0 unspecified atom stereocenters. The van der Waals surface area contributed by atoms with Crippen LogP contribution in [0.25, 0.3) is 0 Å². The van der Waals surface area contributed by atoms with Gasteiger partial charge in [-0.15, -0.1) is 0 Å². The third-order valence-electron chi connectivity index (χ3n) is 4.95. The third kappa shape index (κ3) is 3.43. The van der Waals surface area contributed by atoms with Crippen LogP contribution in [0, 0.1) is 24.2 Å². The molecule has 0 bridgehead atoms. The lowest BCUT2D eigenvalue weighted by Gasteiger charge is -2.23. The van der Waals surface area contributed by atoms with Crippen LogP contribution in [-0.4, -0.2) is 29.7 Å². The van der Waals surface area contributed by atoms with Gasteiger partial charge >= 0.3 is 0 Å². The van der Waals surface area contributed by atoms with Crippen molar-refractivity contribution in [2.24, 2.45) is 5.92 Å². The predicted octanol–water partition coefficient (Wildman–Crippen LogP) is 3.05. The summed E-state index contributed by atoms with van der Waals surface area (Å²) in [6, 6.07) is 10.9. The molecule has 25 heavy (non-hydrogen) atoms. The number of hydrogen-bond donors (Lipinski definition) is 0. The monoisotopic (exact) mass is 334 g/mol. The minimum absolute atomic E-state index is 0.443. The summed E-state index contributed by atoms with van der Waals surface area (Å²) < 4.78 is 5.86. The maximum atomic E-state index is 9.71. The van der Waals surface area contributed by atoms with E-state index in [2.05, 4.69) is 45.2 Å². The van der Waals surface area contributed by atoms with Crippen LogP contribution in [0.15, 0.2) is 24.3 Å². The van der Waals surface area contributed by atoms with Gasteiger partial charge in [0.2, 0.25) is 5.88 Å². The van der Waals surface area contributed by atoms with Crippen molar-refractivity contribution >= 4 is 5.82 Å². The third-order valence-corrected chi connectivity index (χ3v) is 4.95. The van der Waals surface area contributed by atoms with E-state index in [0.29, 0.717) is 35.6 Å². The van der Waals surface area contributed by atoms with Gasteiger partial charge in [-0.05, 0) is 49.7 Å². The lowest BCUT2D eigenvalue weighted by Crippen LogP contribution is -2.28. The van der Waals surface area contributed by atoms with Gasteiger partial charge in [0.15, 0.2) is 11.4 Å². The van der Waals surface area contributed by atoms with Gasteiger partial charge in [-0.1, -0.05) is 24.3 Å². The normalized spacial score (nSPS) is 16.7. The first-order valence-electron chi connectivity index (χ1n) is 8.98. The van der Waals surface area contributed by atoms with E-state index < -0.39 is 0 Å². The number of aryl methyl sites for hydroxylation is 1. The van der Waals surface area contributed by atoms with E-state index in [0.717, 1.165) is 25.9 Å². The summed E-state index contributed by atoms with van der Waals surface area (Å²) >= 11 is 0. The molecule has 128 valence electrons. The van der Waals surface area contributed by atoms with Crippen LogP contribution in [-0.2, 0) is 12.8 Å². The average Bonchev–Trinajstić information content (AvgIpc) is 3.46. The Bertz CT molecular complexity index is 796. The molecule has 0 radical (unpaired) electrons. The molecule has 2 aliphatic rings. The topological polar surface area (TPSA) is 62.0 Å². The van der Waals surface area contributed by atoms with E-state index >= 15 is 0 Å². The first-order chi connectivity index (χ1) is 12.2. The molecule has 0 N–H and O–H groups in total. The Balaban J connectivity index is 1.62. The van der Waals surface area contributed by atoms with Gasteiger partial charge in [-0.3, -0.25) is 0 Å². The molecule has 1 aromatic heterocycles. The molecule has 1 saturated carbocycles. The van der Waals surface area contributed by atoms with Gasteiger partial charge in [0.05, 0.1) is 6.61 Å². The largest absolute Gasteiger partial charge is 0.476 e. The number of aromatic nitrogens is 2. The minimum Gasteiger partial charge on any atom is -0.476 e. The summed E-state index contributed by atoms with van der Waals surface area (Å²) in [5, 5.41) is 9.71. The number of rotatable bonds is 4. The highest BCUT2D eigenvalue weighted by molar-refractivity contribution is 5.59. The van der Waals surface area contributed by atoms with Crippen LogP contribution in [0.2, 0.25) is 0 Å². The summed E-state index contributed by atoms with van der Waals surface area (Å²) in [5.74, 6) is 2.44. The summed E-state index contributed by atoms with van der Waals surface area (Å²) in [5.41, 5.74) is 3.25. The fourth-order valence-electron chi connectivity index (χ4n) is 3.32. The van der Waals surface area contributed by atoms with Gasteiger partial charge in [0, 0.05) is 13.1 Å². The molecule has 5 heteroatoms. The smallest absolute Gasteiger partial charge is 0.237 e. The Labute approximate surface area is 148 Å². The second kappa shape index (κ2) is 6.72. The standard InChI is InChI=1S/C20H22N4O/c1-14-22-19(18(12-21)20(23-14)25-13-15-6-7-15)24-10-8-16-4-2-3-5-17(16)9-11-24/h2-5,15H,6-11,13H2,1H3. The lowest BCUT2D eigenvalue weighted by atomic mass is 10.0. The first-order valence-corrected chi connectivity index (χ1v) is 8.98. The predicted molar refractivity (Wildman–Crippen MR) is 95.8 cm³/mol. The maximum Gasteiger partial charge on any atom is 0.237 e. The SMILES string of the molecule is Cc1nc(OCC2CC2)c(C#N)c(N2CCc3ccccc3CC2)n1. The summed E-state index contributed by atoms with van der Waals surface area (Å²) in [6.07, 6.45) is 4.34. The van der Waals surface area contributed by atoms with Crippen LogP contribution in [0.5, 0.6) is 5.88 Å². The quantitative estimate of drug-likeness (QED) is 0.860.